The smallest absolute Gasteiger partial charge is 0.339 e. The number of hydrogen-bond donors (Lipinski definition) is 0. The van der Waals surface area contributed by atoms with E-state index >= 15 is 0 Å². The van der Waals surface area contributed by atoms with Gasteiger partial charge in [0.05, 0.1) is 5.56 Å². The summed E-state index contributed by atoms with van der Waals surface area (Å²) in [4.78, 5) is 22.7. The molecule has 1 aliphatic rings. The van der Waals surface area contributed by atoms with Gasteiger partial charge < -0.3 is 4.74 Å². The fourth-order valence-electron chi connectivity index (χ4n) is 1.64. The lowest BCUT2D eigenvalue weighted by Gasteiger charge is -2.23. The third-order valence-electron chi connectivity index (χ3n) is 2.47. The number of rotatable bonds is 1. The number of halogens is 2. The zero-order chi connectivity index (χ0) is 11.9. The Labute approximate surface area is 99.7 Å². The number of ether oxygens (including phenoxy) is 1. The Morgan fingerprint density at radius 2 is 2.25 bits per heavy atom. The predicted octanol–water partition coefficient (Wildman–Crippen LogP) is 2.26. The lowest BCUT2D eigenvalue weighted by molar-refractivity contribution is -0.125. The first-order valence-electron chi connectivity index (χ1n) is 4.68. The highest BCUT2D eigenvalue weighted by Crippen LogP contribution is 2.27. The average molecular weight is 287 g/mol. The molecular formula is C11H8BrFO3. The SMILES string of the molecule is CC(=O)C1Cc2c(F)cc(Br)cc2C(=O)O1. The van der Waals surface area contributed by atoms with Crippen molar-refractivity contribution >= 4 is 27.7 Å². The Kier molecular flexibility index (Phi) is 2.80. The third kappa shape index (κ3) is 1.87. The first kappa shape index (κ1) is 11.3. The van der Waals surface area contributed by atoms with Gasteiger partial charge in [0.15, 0.2) is 11.9 Å². The molecule has 0 saturated carbocycles. The topological polar surface area (TPSA) is 43.4 Å². The zero-order valence-corrected chi connectivity index (χ0v) is 10.0. The molecule has 1 atom stereocenters. The van der Waals surface area contributed by atoms with E-state index < -0.39 is 17.9 Å². The van der Waals surface area contributed by atoms with E-state index in [1.165, 1.54) is 19.1 Å². The summed E-state index contributed by atoms with van der Waals surface area (Å²) in [6, 6.07) is 2.77. The number of benzene rings is 1. The quantitative estimate of drug-likeness (QED) is 0.744. The Morgan fingerprint density at radius 1 is 1.56 bits per heavy atom. The summed E-state index contributed by atoms with van der Waals surface area (Å²) in [5, 5.41) is 0. The molecular weight excluding hydrogens is 279 g/mol. The molecule has 0 saturated heterocycles. The Balaban J connectivity index is 2.50. The van der Waals surface area contributed by atoms with E-state index in [1.54, 1.807) is 0 Å². The van der Waals surface area contributed by atoms with E-state index in [4.69, 9.17) is 4.74 Å². The van der Waals surface area contributed by atoms with E-state index in [0.717, 1.165) is 0 Å². The van der Waals surface area contributed by atoms with Crippen LogP contribution in [-0.4, -0.2) is 17.9 Å². The van der Waals surface area contributed by atoms with Gasteiger partial charge in [0.1, 0.15) is 5.82 Å². The summed E-state index contributed by atoms with van der Waals surface area (Å²) in [6.45, 7) is 1.32. The van der Waals surface area contributed by atoms with Crippen LogP contribution in [0.1, 0.15) is 22.8 Å². The molecule has 5 heteroatoms. The number of fused-ring (bicyclic) bond motifs is 1. The summed E-state index contributed by atoms with van der Waals surface area (Å²) < 4.78 is 19.0. The molecule has 0 aromatic heterocycles. The van der Waals surface area contributed by atoms with Gasteiger partial charge in [0.25, 0.3) is 0 Å². The van der Waals surface area contributed by atoms with Crippen LogP contribution in [0.15, 0.2) is 16.6 Å². The van der Waals surface area contributed by atoms with Gasteiger partial charge in [0, 0.05) is 16.5 Å². The summed E-state index contributed by atoms with van der Waals surface area (Å²) in [7, 11) is 0. The average Bonchev–Trinajstić information content (AvgIpc) is 2.19. The van der Waals surface area contributed by atoms with Gasteiger partial charge in [-0.1, -0.05) is 15.9 Å². The van der Waals surface area contributed by atoms with Crippen LogP contribution < -0.4 is 0 Å². The minimum atomic E-state index is -0.865. The molecule has 0 bridgehead atoms. The number of esters is 1. The molecule has 0 fully saturated rings. The molecule has 1 aromatic carbocycles. The summed E-state index contributed by atoms with van der Waals surface area (Å²) in [5.74, 6) is -1.42. The van der Waals surface area contributed by atoms with Crippen LogP contribution in [0.2, 0.25) is 0 Å². The van der Waals surface area contributed by atoms with Gasteiger partial charge in [-0.2, -0.15) is 0 Å². The first-order valence-corrected chi connectivity index (χ1v) is 5.47. The number of carbonyl (C=O) groups is 2. The van der Waals surface area contributed by atoms with Crippen LogP contribution in [0.5, 0.6) is 0 Å². The molecule has 2 rings (SSSR count). The maximum absolute atomic E-state index is 13.6. The van der Waals surface area contributed by atoms with Gasteiger partial charge in [-0.3, -0.25) is 4.79 Å². The van der Waals surface area contributed by atoms with Crippen molar-refractivity contribution in [3.63, 3.8) is 0 Å². The van der Waals surface area contributed by atoms with Crippen LogP contribution in [0.4, 0.5) is 4.39 Å². The van der Waals surface area contributed by atoms with Crippen molar-refractivity contribution in [1.29, 1.82) is 0 Å². The fraction of sp³-hybridized carbons (Fsp3) is 0.273. The number of hydrogen-bond acceptors (Lipinski definition) is 3. The van der Waals surface area contributed by atoms with E-state index in [-0.39, 0.29) is 23.3 Å². The van der Waals surface area contributed by atoms with Crippen LogP contribution >= 0.6 is 15.9 Å². The molecule has 1 aliphatic heterocycles. The zero-order valence-electron chi connectivity index (χ0n) is 8.42. The minimum absolute atomic E-state index is 0.107. The number of carbonyl (C=O) groups excluding carboxylic acids is 2. The number of cyclic esters (lactones) is 1. The van der Waals surface area contributed by atoms with Crippen molar-refractivity contribution in [1.82, 2.24) is 0 Å². The van der Waals surface area contributed by atoms with Crippen LogP contribution in [-0.2, 0) is 16.0 Å². The van der Waals surface area contributed by atoms with Gasteiger partial charge in [0.2, 0.25) is 0 Å². The molecule has 16 heavy (non-hydrogen) atoms. The molecule has 84 valence electrons. The second kappa shape index (κ2) is 3.97. The molecule has 1 heterocycles. The number of ketones is 1. The Hall–Kier alpha value is -1.23. The molecule has 1 aromatic rings. The second-order valence-electron chi connectivity index (χ2n) is 3.62. The van der Waals surface area contributed by atoms with Crippen LogP contribution in [0.3, 0.4) is 0 Å². The molecule has 1 unspecified atom stereocenters. The highest BCUT2D eigenvalue weighted by atomic mass is 79.9. The molecule has 0 N–H and O–H groups in total. The van der Waals surface area contributed by atoms with E-state index in [2.05, 4.69) is 15.9 Å². The summed E-state index contributed by atoms with van der Waals surface area (Å²) >= 11 is 3.10. The number of Topliss-reactive ketones (excluding diaryl/α,β-unsaturated/α-hetero) is 1. The maximum Gasteiger partial charge on any atom is 0.339 e. The Bertz CT molecular complexity index is 484. The Morgan fingerprint density at radius 3 is 2.88 bits per heavy atom. The molecule has 3 nitrogen and oxygen atoms in total. The lowest BCUT2D eigenvalue weighted by Crippen LogP contribution is -2.33. The van der Waals surface area contributed by atoms with Crippen molar-refractivity contribution < 1.29 is 18.7 Å². The summed E-state index contributed by atoms with van der Waals surface area (Å²) in [6.07, 6.45) is -0.758. The normalized spacial score (nSPS) is 18.9. The van der Waals surface area contributed by atoms with Crippen LogP contribution in [0.25, 0.3) is 0 Å². The van der Waals surface area contributed by atoms with Crippen molar-refractivity contribution in [2.45, 2.75) is 19.4 Å². The van der Waals surface area contributed by atoms with Crippen LogP contribution in [0, 0.1) is 5.82 Å². The maximum atomic E-state index is 13.6. The van der Waals surface area contributed by atoms with Crippen molar-refractivity contribution in [3.8, 4) is 0 Å². The molecule has 0 spiro atoms. The minimum Gasteiger partial charge on any atom is -0.450 e. The molecule has 0 aliphatic carbocycles. The van der Waals surface area contributed by atoms with E-state index in [9.17, 15) is 14.0 Å². The van der Waals surface area contributed by atoms with Crippen molar-refractivity contribution in [2.24, 2.45) is 0 Å². The van der Waals surface area contributed by atoms with Gasteiger partial charge in [-0.05, 0) is 19.1 Å². The monoisotopic (exact) mass is 286 g/mol. The van der Waals surface area contributed by atoms with E-state index in [0.29, 0.717) is 4.47 Å². The summed E-state index contributed by atoms with van der Waals surface area (Å²) in [5.41, 5.74) is 0.434. The fourth-order valence-corrected chi connectivity index (χ4v) is 2.07. The van der Waals surface area contributed by atoms with Gasteiger partial charge in [-0.15, -0.1) is 0 Å². The van der Waals surface area contributed by atoms with Gasteiger partial charge in [-0.25, -0.2) is 9.18 Å². The van der Waals surface area contributed by atoms with Crippen molar-refractivity contribution in [3.05, 3.63) is 33.5 Å². The van der Waals surface area contributed by atoms with E-state index in [1.807, 2.05) is 0 Å². The van der Waals surface area contributed by atoms with Crippen molar-refractivity contribution in [2.75, 3.05) is 0 Å². The molecule has 0 radical (unpaired) electrons. The first-order chi connectivity index (χ1) is 7.49. The van der Waals surface area contributed by atoms with Gasteiger partial charge >= 0.3 is 5.97 Å². The second-order valence-corrected chi connectivity index (χ2v) is 4.54. The third-order valence-corrected chi connectivity index (χ3v) is 2.93. The predicted molar refractivity (Wildman–Crippen MR) is 57.7 cm³/mol. The highest BCUT2D eigenvalue weighted by molar-refractivity contribution is 9.10. The highest BCUT2D eigenvalue weighted by Gasteiger charge is 2.31. The molecule has 0 amide bonds. The lowest BCUT2D eigenvalue weighted by atomic mass is 9.96. The standard InChI is InChI=1S/C11H8BrFO3/c1-5(14)10-4-7-8(11(15)16-10)2-6(12)3-9(7)13/h2-3,10H,4H2,1H3. The largest absolute Gasteiger partial charge is 0.450 e.